The molecular formula is C18H28ClN3O2. The van der Waals surface area contributed by atoms with Gasteiger partial charge in [0.05, 0.1) is 19.1 Å². The van der Waals surface area contributed by atoms with Gasteiger partial charge in [-0.25, -0.2) is 0 Å². The van der Waals surface area contributed by atoms with Crippen LogP contribution in [0.3, 0.4) is 0 Å². The van der Waals surface area contributed by atoms with Crippen LogP contribution in [-0.4, -0.2) is 41.9 Å². The minimum Gasteiger partial charge on any atom is -0.350 e. The number of amides is 2. The molecule has 0 fully saturated rings. The number of hydrogen-bond donors (Lipinski definition) is 2. The zero-order valence-electron chi connectivity index (χ0n) is 15.1. The largest absolute Gasteiger partial charge is 0.350 e. The average molecular weight is 354 g/mol. The molecule has 0 aliphatic heterocycles. The van der Waals surface area contributed by atoms with Gasteiger partial charge < -0.3 is 10.6 Å². The molecule has 0 heterocycles. The Balaban J connectivity index is 2.51. The van der Waals surface area contributed by atoms with E-state index in [2.05, 4.69) is 10.6 Å². The molecule has 1 rings (SSSR count). The highest BCUT2D eigenvalue weighted by Gasteiger charge is 2.18. The van der Waals surface area contributed by atoms with Crippen LogP contribution < -0.4 is 10.6 Å². The summed E-state index contributed by atoms with van der Waals surface area (Å²) in [6.45, 7) is 10.7. The monoisotopic (exact) mass is 353 g/mol. The molecule has 134 valence electrons. The summed E-state index contributed by atoms with van der Waals surface area (Å²) in [6.07, 6.45) is 0. The lowest BCUT2D eigenvalue weighted by molar-refractivity contribution is -0.126. The molecule has 0 saturated carbocycles. The summed E-state index contributed by atoms with van der Waals surface area (Å²) in [4.78, 5) is 26.0. The second-order valence-electron chi connectivity index (χ2n) is 6.94. The van der Waals surface area contributed by atoms with Crippen molar-refractivity contribution in [3.05, 3.63) is 34.9 Å². The highest BCUT2D eigenvalue weighted by atomic mass is 35.5. The van der Waals surface area contributed by atoms with Crippen molar-refractivity contribution in [2.24, 2.45) is 0 Å². The molecule has 1 aromatic rings. The smallest absolute Gasteiger partial charge is 0.234 e. The first-order valence-corrected chi connectivity index (χ1v) is 8.56. The van der Waals surface area contributed by atoms with Gasteiger partial charge in [-0.1, -0.05) is 30.7 Å². The predicted octanol–water partition coefficient (Wildman–Crippen LogP) is 2.75. The van der Waals surface area contributed by atoms with Gasteiger partial charge in [-0.05, 0) is 51.9 Å². The molecule has 0 spiro atoms. The average Bonchev–Trinajstić information content (AvgIpc) is 2.44. The SMILES string of the molecule is CCN(CC(=O)N[C@H](C)c1ccc(Cl)cc1)CC(=O)NC(C)(C)C. The molecule has 0 radical (unpaired) electrons. The lowest BCUT2D eigenvalue weighted by atomic mass is 10.1. The topological polar surface area (TPSA) is 61.4 Å². The van der Waals surface area contributed by atoms with Crippen LogP contribution in [0.4, 0.5) is 0 Å². The molecular weight excluding hydrogens is 326 g/mol. The van der Waals surface area contributed by atoms with Gasteiger partial charge in [0.25, 0.3) is 0 Å². The fourth-order valence-electron chi connectivity index (χ4n) is 2.27. The maximum absolute atomic E-state index is 12.2. The van der Waals surface area contributed by atoms with Crippen LogP contribution >= 0.6 is 11.6 Å². The Hall–Kier alpha value is -1.59. The number of benzene rings is 1. The third kappa shape index (κ3) is 7.79. The zero-order valence-corrected chi connectivity index (χ0v) is 15.9. The Kier molecular flexibility index (Phi) is 7.70. The van der Waals surface area contributed by atoms with Crippen molar-refractivity contribution in [3.8, 4) is 0 Å². The molecule has 1 atom stereocenters. The van der Waals surface area contributed by atoms with Crippen molar-refractivity contribution in [3.63, 3.8) is 0 Å². The van der Waals surface area contributed by atoms with E-state index in [9.17, 15) is 9.59 Å². The second kappa shape index (κ2) is 9.04. The number of nitrogens with one attached hydrogen (secondary N) is 2. The van der Waals surface area contributed by atoms with Gasteiger partial charge in [-0.3, -0.25) is 14.5 Å². The van der Waals surface area contributed by atoms with Crippen LogP contribution in [0.25, 0.3) is 0 Å². The van der Waals surface area contributed by atoms with E-state index in [0.717, 1.165) is 5.56 Å². The highest BCUT2D eigenvalue weighted by Crippen LogP contribution is 2.15. The van der Waals surface area contributed by atoms with Crippen LogP contribution in [0, 0.1) is 0 Å². The lowest BCUT2D eigenvalue weighted by Gasteiger charge is -2.25. The van der Waals surface area contributed by atoms with Crippen LogP contribution in [0.15, 0.2) is 24.3 Å². The van der Waals surface area contributed by atoms with E-state index >= 15 is 0 Å². The van der Waals surface area contributed by atoms with Gasteiger partial charge in [-0.15, -0.1) is 0 Å². The normalized spacial score (nSPS) is 12.8. The molecule has 2 amide bonds. The minimum absolute atomic E-state index is 0.0806. The summed E-state index contributed by atoms with van der Waals surface area (Å²) < 4.78 is 0. The van der Waals surface area contributed by atoms with Crippen molar-refractivity contribution in [1.82, 2.24) is 15.5 Å². The second-order valence-corrected chi connectivity index (χ2v) is 7.38. The summed E-state index contributed by atoms with van der Waals surface area (Å²) in [6, 6.07) is 7.27. The molecule has 24 heavy (non-hydrogen) atoms. The Labute approximate surface area is 149 Å². The van der Waals surface area contributed by atoms with Gasteiger partial charge in [0.15, 0.2) is 0 Å². The van der Waals surface area contributed by atoms with Crippen molar-refractivity contribution < 1.29 is 9.59 Å². The van der Waals surface area contributed by atoms with Crippen LogP contribution in [0.5, 0.6) is 0 Å². The lowest BCUT2D eigenvalue weighted by Crippen LogP contribution is -2.48. The third-order valence-electron chi connectivity index (χ3n) is 3.44. The van der Waals surface area contributed by atoms with Crippen LogP contribution in [0.2, 0.25) is 5.02 Å². The maximum Gasteiger partial charge on any atom is 0.234 e. The number of likely N-dealkylation sites (N-methyl/N-ethyl adjacent to an activating group) is 1. The van der Waals surface area contributed by atoms with E-state index in [0.29, 0.717) is 11.6 Å². The van der Waals surface area contributed by atoms with E-state index < -0.39 is 0 Å². The zero-order chi connectivity index (χ0) is 18.3. The maximum atomic E-state index is 12.2. The number of carbonyl (C=O) groups excluding carboxylic acids is 2. The Morgan fingerprint density at radius 1 is 1.12 bits per heavy atom. The summed E-state index contributed by atoms with van der Waals surface area (Å²) in [5.74, 6) is -0.189. The molecule has 6 heteroatoms. The van der Waals surface area contributed by atoms with Gasteiger partial charge >= 0.3 is 0 Å². The molecule has 0 aromatic heterocycles. The van der Waals surface area contributed by atoms with Gasteiger partial charge in [0, 0.05) is 10.6 Å². The number of carbonyl (C=O) groups is 2. The molecule has 0 unspecified atom stereocenters. The molecule has 2 N–H and O–H groups in total. The fourth-order valence-corrected chi connectivity index (χ4v) is 2.39. The Bertz CT molecular complexity index is 552. The van der Waals surface area contributed by atoms with E-state index in [1.807, 2.05) is 51.7 Å². The Morgan fingerprint density at radius 2 is 1.67 bits per heavy atom. The summed E-state index contributed by atoms with van der Waals surface area (Å²) in [7, 11) is 0. The number of hydrogen-bond acceptors (Lipinski definition) is 3. The molecule has 5 nitrogen and oxygen atoms in total. The summed E-state index contributed by atoms with van der Waals surface area (Å²) >= 11 is 5.87. The van der Waals surface area contributed by atoms with E-state index in [1.54, 1.807) is 12.1 Å². The van der Waals surface area contributed by atoms with Crippen LogP contribution in [0.1, 0.15) is 46.2 Å². The van der Waals surface area contributed by atoms with Crippen molar-refractivity contribution >= 4 is 23.4 Å². The van der Waals surface area contributed by atoms with Crippen molar-refractivity contribution in [1.29, 1.82) is 0 Å². The first-order chi connectivity index (χ1) is 11.1. The van der Waals surface area contributed by atoms with Gasteiger partial charge in [0.1, 0.15) is 0 Å². The number of halogens is 1. The molecule has 0 aliphatic rings. The number of nitrogens with zero attached hydrogens (tertiary/aromatic N) is 1. The van der Waals surface area contributed by atoms with Crippen molar-refractivity contribution in [2.45, 2.75) is 46.2 Å². The fraction of sp³-hybridized carbons (Fsp3) is 0.556. The molecule has 1 aromatic carbocycles. The minimum atomic E-state index is -0.276. The standard InChI is InChI=1S/C18H28ClN3O2/c1-6-22(12-17(24)21-18(3,4)5)11-16(23)20-13(2)14-7-9-15(19)10-8-14/h7-10,13H,6,11-12H2,1-5H3,(H,20,23)(H,21,24)/t13-/m1/s1. The Morgan fingerprint density at radius 3 is 2.17 bits per heavy atom. The highest BCUT2D eigenvalue weighted by molar-refractivity contribution is 6.30. The number of rotatable bonds is 7. The summed E-state index contributed by atoms with van der Waals surface area (Å²) in [5, 5.41) is 6.52. The van der Waals surface area contributed by atoms with Crippen LogP contribution in [-0.2, 0) is 9.59 Å². The molecule has 0 aliphatic carbocycles. The van der Waals surface area contributed by atoms with E-state index in [1.165, 1.54) is 0 Å². The first-order valence-electron chi connectivity index (χ1n) is 8.19. The summed E-state index contributed by atoms with van der Waals surface area (Å²) in [5.41, 5.74) is 0.711. The van der Waals surface area contributed by atoms with Gasteiger partial charge in [0.2, 0.25) is 11.8 Å². The quantitative estimate of drug-likeness (QED) is 0.792. The van der Waals surface area contributed by atoms with Crippen molar-refractivity contribution in [2.75, 3.05) is 19.6 Å². The van der Waals surface area contributed by atoms with E-state index in [-0.39, 0.29) is 36.5 Å². The molecule has 0 bridgehead atoms. The van der Waals surface area contributed by atoms with Gasteiger partial charge in [-0.2, -0.15) is 0 Å². The molecule has 0 saturated heterocycles. The first kappa shape index (κ1) is 20.5. The predicted molar refractivity (Wildman–Crippen MR) is 98.0 cm³/mol. The third-order valence-corrected chi connectivity index (χ3v) is 3.70. The van der Waals surface area contributed by atoms with E-state index in [4.69, 9.17) is 11.6 Å².